The molecule has 0 amide bonds. The summed E-state index contributed by atoms with van der Waals surface area (Å²) in [6.45, 7) is 2.01. The second kappa shape index (κ2) is 3.33. The van der Waals surface area contributed by atoms with Crippen molar-refractivity contribution in [2.45, 2.75) is 6.92 Å². The summed E-state index contributed by atoms with van der Waals surface area (Å²) in [5.74, 6) is 0. The van der Waals surface area contributed by atoms with Crippen LogP contribution >= 0.6 is 47.8 Å². The maximum absolute atomic E-state index is 4.05. The number of halogens is 3. The molecule has 0 unspecified atom stereocenters. The first-order valence-electron chi connectivity index (χ1n) is 3.46. The van der Waals surface area contributed by atoms with Gasteiger partial charge in [-0.25, -0.2) is 0 Å². The van der Waals surface area contributed by atoms with Gasteiger partial charge in [0, 0.05) is 4.47 Å². The summed E-state index contributed by atoms with van der Waals surface area (Å²) in [6, 6.07) is 0. The first-order valence-corrected chi connectivity index (χ1v) is 5.84. The molecule has 68 valence electrons. The number of rotatable bonds is 0. The Kier molecular flexibility index (Phi) is 2.46. The molecule has 0 radical (unpaired) electrons. The van der Waals surface area contributed by atoms with Gasteiger partial charge in [0.1, 0.15) is 11.0 Å². The minimum atomic E-state index is 0.823. The predicted molar refractivity (Wildman–Crippen MR) is 61.7 cm³/mol. The highest BCUT2D eigenvalue weighted by molar-refractivity contribution is 9.13. The molecule has 1 heterocycles. The molecule has 0 bridgehead atoms. The number of nitrogens with one attached hydrogen (secondary N) is 1. The van der Waals surface area contributed by atoms with Gasteiger partial charge < -0.3 is 0 Å². The Labute approximate surface area is 99.7 Å². The summed E-state index contributed by atoms with van der Waals surface area (Å²) >= 11 is 10.4. The van der Waals surface area contributed by atoms with E-state index in [-0.39, 0.29) is 0 Å². The van der Waals surface area contributed by atoms with E-state index in [1.54, 1.807) is 0 Å². The van der Waals surface area contributed by atoms with Crippen molar-refractivity contribution in [3.8, 4) is 0 Å². The van der Waals surface area contributed by atoms with Gasteiger partial charge in [0.2, 0.25) is 0 Å². The third-order valence-corrected chi connectivity index (χ3v) is 5.08. The van der Waals surface area contributed by atoms with Gasteiger partial charge in [0.25, 0.3) is 0 Å². The Balaban J connectivity index is 3.02. The van der Waals surface area contributed by atoms with Crippen molar-refractivity contribution in [1.29, 1.82) is 0 Å². The van der Waals surface area contributed by atoms with E-state index in [0.29, 0.717) is 0 Å². The third kappa shape index (κ3) is 1.35. The maximum atomic E-state index is 4.05. The van der Waals surface area contributed by atoms with Crippen molar-refractivity contribution in [2.24, 2.45) is 0 Å². The summed E-state index contributed by atoms with van der Waals surface area (Å²) in [6.07, 6.45) is 0. The van der Waals surface area contributed by atoms with Crippen molar-refractivity contribution in [3.05, 3.63) is 19.0 Å². The fourth-order valence-corrected chi connectivity index (χ4v) is 2.78. The highest BCUT2D eigenvalue weighted by Crippen LogP contribution is 2.37. The van der Waals surface area contributed by atoms with Gasteiger partial charge in [0.05, 0.1) is 8.95 Å². The number of aromatic amines is 1. The molecule has 6 heteroatoms. The molecule has 0 fully saturated rings. The van der Waals surface area contributed by atoms with Crippen LogP contribution in [0.5, 0.6) is 0 Å². The summed E-state index contributed by atoms with van der Waals surface area (Å²) in [5.41, 5.74) is 2.77. The number of nitrogens with zero attached hydrogens (tertiary/aromatic N) is 2. The van der Waals surface area contributed by atoms with E-state index in [0.717, 1.165) is 30.0 Å². The van der Waals surface area contributed by atoms with Crippen LogP contribution in [0.4, 0.5) is 0 Å². The lowest BCUT2D eigenvalue weighted by atomic mass is 10.2. The van der Waals surface area contributed by atoms with Gasteiger partial charge in [-0.2, -0.15) is 15.4 Å². The van der Waals surface area contributed by atoms with E-state index in [9.17, 15) is 0 Å². The first-order chi connectivity index (χ1) is 6.13. The second-order valence-corrected chi connectivity index (χ2v) is 4.97. The van der Waals surface area contributed by atoms with E-state index in [2.05, 4.69) is 63.2 Å². The normalized spacial score (nSPS) is 11.1. The molecular formula is C7H4Br3N3. The number of H-pyrrole nitrogens is 1. The van der Waals surface area contributed by atoms with Crippen LogP contribution in [0.2, 0.25) is 0 Å². The molecule has 1 aromatic carbocycles. The standard InChI is InChI=1S/C7H4Br3N3/c1-2-3(8)5(10)7-6(4(2)9)11-13-12-7/h1H3,(H,11,12,13). The lowest BCUT2D eigenvalue weighted by molar-refractivity contribution is 0.958. The Bertz CT molecular complexity index is 435. The molecule has 0 atom stereocenters. The van der Waals surface area contributed by atoms with Gasteiger partial charge in [-0.3, -0.25) is 0 Å². The zero-order chi connectivity index (χ0) is 9.59. The van der Waals surface area contributed by atoms with Crippen LogP contribution in [0.15, 0.2) is 13.4 Å². The monoisotopic (exact) mass is 367 g/mol. The molecule has 1 aromatic heterocycles. The summed E-state index contributed by atoms with van der Waals surface area (Å²) in [4.78, 5) is 0. The summed E-state index contributed by atoms with van der Waals surface area (Å²) < 4.78 is 2.89. The Morgan fingerprint density at radius 2 is 1.46 bits per heavy atom. The number of fused-ring (bicyclic) bond motifs is 1. The van der Waals surface area contributed by atoms with E-state index < -0.39 is 0 Å². The highest BCUT2D eigenvalue weighted by atomic mass is 79.9. The third-order valence-electron chi connectivity index (χ3n) is 1.81. The van der Waals surface area contributed by atoms with Crippen molar-refractivity contribution in [2.75, 3.05) is 0 Å². The fourth-order valence-electron chi connectivity index (χ4n) is 1.08. The zero-order valence-corrected chi connectivity index (χ0v) is 11.3. The topological polar surface area (TPSA) is 41.6 Å². The largest absolute Gasteiger partial charge is 0.197 e. The van der Waals surface area contributed by atoms with E-state index in [1.165, 1.54) is 0 Å². The molecule has 0 spiro atoms. The smallest absolute Gasteiger partial charge is 0.129 e. The van der Waals surface area contributed by atoms with Crippen molar-refractivity contribution in [1.82, 2.24) is 15.4 Å². The lowest BCUT2D eigenvalue weighted by Crippen LogP contribution is -1.84. The Hall–Kier alpha value is 0.0600. The average molecular weight is 370 g/mol. The average Bonchev–Trinajstić information content (AvgIpc) is 2.59. The molecule has 3 nitrogen and oxygen atoms in total. The first kappa shape index (κ1) is 9.61. The molecule has 0 aliphatic heterocycles. The number of benzene rings is 1. The highest BCUT2D eigenvalue weighted by Gasteiger charge is 2.14. The van der Waals surface area contributed by atoms with Crippen LogP contribution < -0.4 is 0 Å². The summed E-state index contributed by atoms with van der Waals surface area (Å²) in [7, 11) is 0. The molecule has 13 heavy (non-hydrogen) atoms. The molecule has 0 aliphatic carbocycles. The van der Waals surface area contributed by atoms with Gasteiger partial charge in [-0.15, -0.1) is 0 Å². The van der Waals surface area contributed by atoms with Crippen LogP contribution in [0.25, 0.3) is 11.0 Å². The van der Waals surface area contributed by atoms with Crippen molar-refractivity contribution >= 4 is 58.8 Å². The van der Waals surface area contributed by atoms with Crippen LogP contribution in [-0.4, -0.2) is 15.4 Å². The number of hydrogen-bond donors (Lipinski definition) is 1. The predicted octanol–water partition coefficient (Wildman–Crippen LogP) is 3.55. The van der Waals surface area contributed by atoms with Crippen LogP contribution in [0, 0.1) is 6.92 Å². The quantitative estimate of drug-likeness (QED) is 0.721. The molecule has 2 aromatic rings. The molecule has 2 rings (SSSR count). The van der Waals surface area contributed by atoms with Gasteiger partial charge in [-0.1, -0.05) is 0 Å². The fraction of sp³-hybridized carbons (Fsp3) is 0.143. The molecule has 1 N–H and O–H groups in total. The van der Waals surface area contributed by atoms with E-state index in [1.807, 2.05) is 6.92 Å². The SMILES string of the molecule is Cc1c(Br)c(Br)c2n[nH]nc2c1Br. The van der Waals surface area contributed by atoms with E-state index in [4.69, 9.17) is 0 Å². The van der Waals surface area contributed by atoms with Crippen LogP contribution in [0.1, 0.15) is 5.56 Å². The minimum Gasteiger partial charge on any atom is -0.197 e. The Morgan fingerprint density at radius 1 is 0.923 bits per heavy atom. The second-order valence-electron chi connectivity index (χ2n) is 2.59. The zero-order valence-electron chi connectivity index (χ0n) is 6.53. The minimum absolute atomic E-state index is 0.823. The van der Waals surface area contributed by atoms with Crippen LogP contribution in [0.3, 0.4) is 0 Å². The van der Waals surface area contributed by atoms with Gasteiger partial charge >= 0.3 is 0 Å². The lowest BCUT2D eigenvalue weighted by Gasteiger charge is -2.03. The van der Waals surface area contributed by atoms with Crippen molar-refractivity contribution < 1.29 is 0 Å². The Morgan fingerprint density at radius 3 is 2.08 bits per heavy atom. The maximum Gasteiger partial charge on any atom is 0.129 e. The summed E-state index contributed by atoms with van der Waals surface area (Å²) in [5, 5.41) is 10.7. The molecular weight excluding hydrogens is 366 g/mol. The molecule has 0 saturated carbocycles. The molecule has 0 saturated heterocycles. The van der Waals surface area contributed by atoms with Crippen LogP contribution in [-0.2, 0) is 0 Å². The number of aromatic nitrogens is 3. The molecule has 0 aliphatic rings. The van der Waals surface area contributed by atoms with Gasteiger partial charge in [-0.05, 0) is 60.3 Å². The van der Waals surface area contributed by atoms with E-state index >= 15 is 0 Å². The van der Waals surface area contributed by atoms with Crippen molar-refractivity contribution in [3.63, 3.8) is 0 Å². The van der Waals surface area contributed by atoms with Gasteiger partial charge in [0.15, 0.2) is 0 Å². The number of hydrogen-bond acceptors (Lipinski definition) is 2.